The van der Waals surface area contributed by atoms with Crippen LogP contribution in [0.4, 0.5) is 48.3 Å². The molecular weight excluding hydrogens is 367 g/mol. The van der Waals surface area contributed by atoms with Gasteiger partial charge in [-0.2, -0.15) is 39.5 Å². The van der Waals surface area contributed by atoms with Crippen LogP contribution in [0.25, 0.3) is 0 Å². The second-order valence-electron chi connectivity index (χ2n) is 5.47. The predicted molar refractivity (Wildman–Crippen MR) is 60.3 cm³/mol. The van der Waals surface area contributed by atoms with Crippen molar-refractivity contribution in [1.82, 2.24) is 4.90 Å². The van der Waals surface area contributed by atoms with Crippen molar-refractivity contribution in [3.63, 3.8) is 0 Å². The summed E-state index contributed by atoms with van der Waals surface area (Å²) < 4.78 is 142. The topological polar surface area (TPSA) is 3.24 Å². The van der Waals surface area contributed by atoms with E-state index in [0.717, 1.165) is 0 Å². The molecule has 12 heteroatoms. The van der Waals surface area contributed by atoms with Crippen molar-refractivity contribution in [3.8, 4) is 0 Å². The molecule has 0 saturated carbocycles. The van der Waals surface area contributed by atoms with Crippen LogP contribution in [0.2, 0.25) is 0 Å². The van der Waals surface area contributed by atoms with Crippen LogP contribution in [0, 0.1) is 11.8 Å². The molecule has 0 amide bonds. The average molecular weight is 379 g/mol. The van der Waals surface area contributed by atoms with E-state index >= 15 is 0 Å². The van der Waals surface area contributed by atoms with E-state index in [1.807, 2.05) is 0 Å². The van der Waals surface area contributed by atoms with Crippen molar-refractivity contribution in [3.05, 3.63) is 12.7 Å². The van der Waals surface area contributed by atoms with E-state index in [-0.39, 0.29) is 0 Å². The summed E-state index contributed by atoms with van der Waals surface area (Å²) >= 11 is 0. The van der Waals surface area contributed by atoms with Gasteiger partial charge in [0.15, 0.2) is 0 Å². The number of nitrogens with zero attached hydrogens (tertiary/aromatic N) is 1. The molecule has 0 aromatic rings. The largest absolute Gasteiger partial charge is 0.430 e. The van der Waals surface area contributed by atoms with Crippen LogP contribution in [0.1, 0.15) is 6.42 Å². The monoisotopic (exact) mass is 379 g/mol. The number of hydrogen-bond donors (Lipinski definition) is 0. The highest BCUT2D eigenvalue weighted by Gasteiger charge is 2.63. The lowest BCUT2D eigenvalue weighted by atomic mass is 9.87. The van der Waals surface area contributed by atoms with Crippen LogP contribution in [-0.2, 0) is 0 Å². The van der Waals surface area contributed by atoms with Crippen molar-refractivity contribution in [2.45, 2.75) is 36.9 Å². The maximum Gasteiger partial charge on any atom is 0.430 e. The SMILES string of the molecule is C=CC(F)(C(F)N1CC(C(F)(F)F)CC(C(F)(F)F)C1)C(F)(F)F. The smallest absolute Gasteiger partial charge is 0.269 e. The Morgan fingerprint density at radius 1 is 0.833 bits per heavy atom. The van der Waals surface area contributed by atoms with Gasteiger partial charge in [0, 0.05) is 13.1 Å². The minimum Gasteiger partial charge on any atom is -0.269 e. The van der Waals surface area contributed by atoms with Crippen LogP contribution >= 0.6 is 0 Å². The van der Waals surface area contributed by atoms with Gasteiger partial charge in [-0.25, -0.2) is 8.78 Å². The van der Waals surface area contributed by atoms with Gasteiger partial charge in [0.2, 0.25) is 6.30 Å². The molecule has 1 aliphatic rings. The minimum atomic E-state index is -5.90. The number of hydrogen-bond acceptors (Lipinski definition) is 1. The molecule has 1 fully saturated rings. The third-order valence-corrected chi connectivity index (χ3v) is 3.80. The highest BCUT2D eigenvalue weighted by molar-refractivity contribution is 5.08. The van der Waals surface area contributed by atoms with Crippen molar-refractivity contribution < 1.29 is 48.3 Å². The van der Waals surface area contributed by atoms with Gasteiger partial charge in [0.05, 0.1) is 11.8 Å². The molecular formula is C12H12F11N. The number of halogens is 11. The standard InChI is InChI=1S/C12H12F11N/c1-2-9(14,12(21,22)23)8(13)24-4-6(10(15,16)17)3-7(5-24)11(18,19)20/h2,6-8H,1,3-5H2. The van der Waals surface area contributed by atoms with Crippen LogP contribution in [0.5, 0.6) is 0 Å². The molecule has 1 rings (SSSR count). The lowest BCUT2D eigenvalue weighted by Gasteiger charge is -2.43. The first kappa shape index (κ1) is 21.0. The van der Waals surface area contributed by atoms with E-state index in [2.05, 4.69) is 6.58 Å². The Morgan fingerprint density at radius 2 is 1.21 bits per heavy atom. The normalized spacial score (nSPS) is 28.3. The highest BCUT2D eigenvalue weighted by atomic mass is 19.4. The average Bonchev–Trinajstić information content (AvgIpc) is 2.42. The Bertz CT molecular complexity index is 429. The molecule has 0 radical (unpaired) electrons. The fraction of sp³-hybridized carbons (Fsp3) is 0.833. The second-order valence-corrected chi connectivity index (χ2v) is 5.47. The van der Waals surface area contributed by atoms with E-state index in [0.29, 0.717) is 0 Å². The quantitative estimate of drug-likeness (QED) is 0.387. The number of rotatable bonds is 3. The summed E-state index contributed by atoms with van der Waals surface area (Å²) in [5, 5.41) is 0. The maximum atomic E-state index is 14.0. The Morgan fingerprint density at radius 3 is 1.46 bits per heavy atom. The number of alkyl halides is 11. The van der Waals surface area contributed by atoms with E-state index in [4.69, 9.17) is 0 Å². The summed E-state index contributed by atoms with van der Waals surface area (Å²) in [6.07, 6.45) is -22.1. The zero-order chi connectivity index (χ0) is 19.1. The van der Waals surface area contributed by atoms with Gasteiger partial charge in [-0.3, -0.25) is 4.90 Å². The predicted octanol–water partition coefficient (Wildman–Crippen LogP) is 4.80. The maximum absolute atomic E-state index is 14.0. The summed E-state index contributed by atoms with van der Waals surface area (Å²) in [5.74, 6) is -5.48. The van der Waals surface area contributed by atoms with Crippen LogP contribution in [0.3, 0.4) is 0 Å². The van der Waals surface area contributed by atoms with Gasteiger partial charge in [0.25, 0.3) is 5.67 Å². The summed E-state index contributed by atoms with van der Waals surface area (Å²) in [5.41, 5.74) is -4.80. The Hall–Kier alpha value is -1.07. The van der Waals surface area contributed by atoms with Crippen molar-refractivity contribution in [2.75, 3.05) is 13.1 Å². The summed E-state index contributed by atoms with van der Waals surface area (Å²) in [6.45, 7) is -0.597. The van der Waals surface area contributed by atoms with Crippen LogP contribution in [0.15, 0.2) is 12.7 Å². The van der Waals surface area contributed by atoms with Crippen molar-refractivity contribution in [2.24, 2.45) is 11.8 Å². The molecule has 4 unspecified atom stereocenters. The van der Waals surface area contributed by atoms with E-state index in [1.54, 1.807) is 0 Å². The summed E-state index contributed by atoms with van der Waals surface area (Å²) in [4.78, 5) is -0.422. The number of piperidine rings is 1. The molecule has 1 saturated heterocycles. The first-order valence-corrected chi connectivity index (χ1v) is 6.44. The van der Waals surface area contributed by atoms with E-state index in [9.17, 15) is 48.3 Å². The molecule has 0 bridgehead atoms. The molecule has 0 N–H and O–H groups in total. The van der Waals surface area contributed by atoms with Crippen LogP contribution < -0.4 is 0 Å². The molecule has 142 valence electrons. The molecule has 0 aromatic heterocycles. The first-order valence-electron chi connectivity index (χ1n) is 6.44. The molecule has 1 heterocycles. The Kier molecular flexibility index (Phi) is 5.54. The van der Waals surface area contributed by atoms with Gasteiger partial charge in [-0.1, -0.05) is 6.58 Å². The summed E-state index contributed by atoms with van der Waals surface area (Å²) in [6, 6.07) is 0. The van der Waals surface area contributed by atoms with Crippen molar-refractivity contribution >= 4 is 0 Å². The minimum absolute atomic E-state index is 0.422. The highest BCUT2D eigenvalue weighted by Crippen LogP contribution is 2.46. The van der Waals surface area contributed by atoms with Gasteiger partial charge in [-0.15, -0.1) is 0 Å². The first-order chi connectivity index (χ1) is 10.5. The zero-order valence-corrected chi connectivity index (χ0v) is 11.7. The molecule has 24 heavy (non-hydrogen) atoms. The van der Waals surface area contributed by atoms with E-state index in [1.165, 1.54) is 0 Å². The van der Waals surface area contributed by atoms with Crippen LogP contribution in [-0.4, -0.2) is 48.5 Å². The molecule has 0 spiro atoms. The van der Waals surface area contributed by atoms with Gasteiger partial charge in [-0.05, 0) is 12.5 Å². The molecule has 0 aromatic carbocycles. The van der Waals surface area contributed by atoms with Gasteiger partial charge in [0.1, 0.15) is 0 Å². The molecule has 4 atom stereocenters. The Labute approximate surface area is 129 Å². The third-order valence-electron chi connectivity index (χ3n) is 3.80. The Balaban J connectivity index is 3.18. The summed E-state index contributed by atoms with van der Waals surface area (Å²) in [7, 11) is 0. The fourth-order valence-corrected chi connectivity index (χ4v) is 2.41. The molecule has 0 aliphatic carbocycles. The van der Waals surface area contributed by atoms with Gasteiger partial charge < -0.3 is 0 Å². The molecule has 1 aliphatic heterocycles. The second kappa shape index (κ2) is 6.34. The third kappa shape index (κ3) is 4.12. The van der Waals surface area contributed by atoms with Gasteiger partial charge >= 0.3 is 18.5 Å². The number of likely N-dealkylation sites (tertiary alicyclic amines) is 1. The lowest BCUT2D eigenvalue weighted by molar-refractivity contribution is -0.270. The molecule has 1 nitrogen and oxygen atoms in total. The lowest BCUT2D eigenvalue weighted by Crippen LogP contribution is -2.60. The van der Waals surface area contributed by atoms with E-state index < -0.39 is 72.8 Å². The van der Waals surface area contributed by atoms with Crippen molar-refractivity contribution in [1.29, 1.82) is 0 Å². The zero-order valence-electron chi connectivity index (χ0n) is 11.7. The fourth-order valence-electron chi connectivity index (χ4n) is 2.41.